The number of aryl methyl sites for hydroxylation is 1. The number of thioether (sulfide) groups is 1. The molecule has 11 nitrogen and oxygen atoms in total. The number of nitrogens with one attached hydrogen (secondary N) is 1. The number of para-hydroxylation sites is 1. The van der Waals surface area contributed by atoms with Crippen molar-refractivity contribution < 1.29 is 28.6 Å². The number of nitrogens with zero attached hydrogens (tertiary/aromatic N) is 4. The van der Waals surface area contributed by atoms with Gasteiger partial charge in [-0.1, -0.05) is 80.2 Å². The molecule has 1 unspecified atom stereocenters. The first kappa shape index (κ1) is 40.2. The molecule has 1 aliphatic heterocycles. The predicted octanol–water partition coefficient (Wildman–Crippen LogP) is 6.68. The Morgan fingerprint density at radius 1 is 0.961 bits per heavy atom. The van der Waals surface area contributed by atoms with Gasteiger partial charge in [-0.3, -0.25) is 14.4 Å². The van der Waals surface area contributed by atoms with Crippen LogP contribution in [0, 0.1) is 5.41 Å². The Balaban J connectivity index is 1.42. The number of hydrogen-bond donors (Lipinski definition) is 1. The second-order valence-corrected chi connectivity index (χ2v) is 14.9. The Morgan fingerprint density at radius 2 is 1.69 bits per heavy atom. The van der Waals surface area contributed by atoms with Crippen LogP contribution in [0.2, 0.25) is 0 Å². The third kappa shape index (κ3) is 11.0. The highest BCUT2D eigenvalue weighted by Gasteiger charge is 2.31. The van der Waals surface area contributed by atoms with Crippen molar-refractivity contribution >= 4 is 34.4 Å². The molecule has 278 valence electrons. The maximum Gasteiger partial charge on any atom is 0.227 e. The second-order valence-electron chi connectivity index (χ2n) is 14.1. The minimum absolute atomic E-state index is 0.0404. The van der Waals surface area contributed by atoms with E-state index in [-0.39, 0.29) is 35.9 Å². The van der Waals surface area contributed by atoms with Gasteiger partial charge in [-0.2, -0.15) is 0 Å². The molecule has 2 heterocycles. The topological polar surface area (TPSA) is 125 Å². The molecule has 0 spiro atoms. The number of rotatable bonds is 19. The van der Waals surface area contributed by atoms with E-state index in [0.29, 0.717) is 64.6 Å². The van der Waals surface area contributed by atoms with Crippen molar-refractivity contribution in [1.82, 2.24) is 20.3 Å². The van der Waals surface area contributed by atoms with Crippen LogP contribution in [-0.2, 0) is 41.7 Å². The first-order valence-electron chi connectivity index (χ1n) is 18.0. The molecule has 1 aromatic heterocycles. The number of anilines is 1. The van der Waals surface area contributed by atoms with E-state index in [1.54, 1.807) is 11.2 Å². The molecule has 0 saturated heterocycles. The van der Waals surface area contributed by atoms with Crippen LogP contribution in [0.3, 0.4) is 0 Å². The number of carbonyl (C=O) groups is 3. The van der Waals surface area contributed by atoms with Crippen molar-refractivity contribution in [1.29, 1.82) is 0 Å². The largest absolute Gasteiger partial charge is 0.379 e. The lowest BCUT2D eigenvalue weighted by atomic mass is 9.91. The lowest BCUT2D eigenvalue weighted by Crippen LogP contribution is -2.43. The van der Waals surface area contributed by atoms with Gasteiger partial charge in [-0.05, 0) is 57.9 Å². The maximum absolute atomic E-state index is 13.9. The van der Waals surface area contributed by atoms with E-state index in [0.717, 1.165) is 34.5 Å². The SMILES string of the molecule is CCC(C)(CNC(=O)CCC(=O)N1Cc2ccccc2-c2c(nnn2CCCOCCOC(C)C)-c2ccccc21)OCCC(C)(C)C(=O)SC. The minimum Gasteiger partial charge on any atom is -0.379 e. The summed E-state index contributed by atoms with van der Waals surface area (Å²) in [5.41, 5.74) is 4.02. The van der Waals surface area contributed by atoms with Gasteiger partial charge < -0.3 is 24.4 Å². The summed E-state index contributed by atoms with van der Waals surface area (Å²) in [6, 6.07) is 15.8. The van der Waals surface area contributed by atoms with E-state index >= 15 is 0 Å². The molecule has 3 aromatic rings. The molecule has 1 N–H and O–H groups in total. The Morgan fingerprint density at radius 3 is 2.41 bits per heavy atom. The highest BCUT2D eigenvalue weighted by Crippen LogP contribution is 2.41. The Hall–Kier alpha value is -3.58. The molecule has 51 heavy (non-hydrogen) atoms. The van der Waals surface area contributed by atoms with E-state index < -0.39 is 11.0 Å². The summed E-state index contributed by atoms with van der Waals surface area (Å²) in [6.07, 6.45) is 4.09. The van der Waals surface area contributed by atoms with Gasteiger partial charge in [0.2, 0.25) is 11.8 Å². The molecule has 0 aliphatic carbocycles. The van der Waals surface area contributed by atoms with E-state index in [9.17, 15) is 14.4 Å². The fourth-order valence-electron chi connectivity index (χ4n) is 5.89. The van der Waals surface area contributed by atoms with Crippen LogP contribution in [0.1, 0.15) is 79.2 Å². The lowest BCUT2D eigenvalue weighted by molar-refractivity contribution is -0.126. The normalized spacial score (nSPS) is 13.8. The summed E-state index contributed by atoms with van der Waals surface area (Å²) in [5, 5.41) is 12.3. The van der Waals surface area contributed by atoms with E-state index in [1.165, 1.54) is 11.8 Å². The smallest absolute Gasteiger partial charge is 0.227 e. The van der Waals surface area contributed by atoms with Gasteiger partial charge in [0, 0.05) is 55.7 Å². The van der Waals surface area contributed by atoms with Crippen molar-refractivity contribution in [3.05, 3.63) is 54.1 Å². The van der Waals surface area contributed by atoms with Gasteiger partial charge in [0.15, 0.2) is 5.12 Å². The molecule has 0 radical (unpaired) electrons. The Kier molecular flexibility index (Phi) is 14.8. The average Bonchev–Trinajstić information content (AvgIpc) is 3.53. The van der Waals surface area contributed by atoms with E-state index in [1.807, 2.05) is 94.8 Å². The molecule has 1 aliphatic rings. The lowest BCUT2D eigenvalue weighted by Gasteiger charge is -2.31. The van der Waals surface area contributed by atoms with Crippen LogP contribution in [-0.4, -0.2) is 82.9 Å². The van der Waals surface area contributed by atoms with Crippen LogP contribution in [0.15, 0.2) is 48.5 Å². The highest BCUT2D eigenvalue weighted by molar-refractivity contribution is 8.13. The molecule has 0 saturated carbocycles. The fourth-order valence-corrected chi connectivity index (χ4v) is 6.55. The number of aromatic nitrogens is 3. The summed E-state index contributed by atoms with van der Waals surface area (Å²) in [6.45, 7) is 15.2. The van der Waals surface area contributed by atoms with Crippen molar-refractivity contribution in [3.8, 4) is 22.5 Å². The standard InChI is InChI=1S/C39H55N5O6S/c1-8-39(6,50-23-20-38(4,5)37(47)51-7)27-40-33(45)18-19-34(46)43-26-29-14-9-10-15-30(29)36-35(31-16-11-12-17-32(31)43)41-42-44(36)21-13-22-48-24-25-49-28(2)3/h9-12,14-17,28H,8,13,18-27H2,1-7H3,(H,40,45). The Bertz CT molecular complexity index is 1620. The zero-order valence-electron chi connectivity index (χ0n) is 31.3. The zero-order valence-corrected chi connectivity index (χ0v) is 32.1. The second kappa shape index (κ2) is 18.8. The molecule has 0 bridgehead atoms. The first-order valence-corrected chi connectivity index (χ1v) is 19.2. The van der Waals surface area contributed by atoms with Gasteiger partial charge in [0.1, 0.15) is 5.69 Å². The summed E-state index contributed by atoms with van der Waals surface area (Å²) in [5.74, 6) is -0.371. The third-order valence-corrected chi connectivity index (χ3v) is 10.2. The first-order chi connectivity index (χ1) is 24.4. The minimum atomic E-state index is -0.589. The molecule has 4 rings (SSSR count). The van der Waals surface area contributed by atoms with Gasteiger partial charge in [0.25, 0.3) is 0 Å². The van der Waals surface area contributed by atoms with E-state index in [4.69, 9.17) is 14.2 Å². The third-order valence-electron chi connectivity index (χ3n) is 9.31. The average molecular weight is 722 g/mol. The molecule has 2 amide bonds. The fraction of sp³-hybridized carbons (Fsp3) is 0.564. The van der Waals surface area contributed by atoms with Crippen molar-refractivity contribution in [2.24, 2.45) is 5.41 Å². The van der Waals surface area contributed by atoms with Gasteiger partial charge >= 0.3 is 0 Å². The number of benzene rings is 2. The number of carbonyl (C=O) groups excluding carboxylic acids is 3. The number of hydrogen-bond acceptors (Lipinski definition) is 9. The molecule has 12 heteroatoms. The summed E-state index contributed by atoms with van der Waals surface area (Å²) < 4.78 is 19.4. The maximum atomic E-state index is 13.9. The highest BCUT2D eigenvalue weighted by atomic mass is 32.2. The monoisotopic (exact) mass is 721 g/mol. The predicted molar refractivity (Wildman–Crippen MR) is 202 cm³/mol. The molecular formula is C39H55N5O6S. The number of amides is 2. The number of fused-ring (bicyclic) bond motifs is 5. The van der Waals surface area contributed by atoms with Crippen LogP contribution in [0.4, 0.5) is 5.69 Å². The van der Waals surface area contributed by atoms with Gasteiger partial charge in [-0.15, -0.1) is 5.10 Å². The molecule has 0 fully saturated rings. The van der Waals surface area contributed by atoms with Crippen molar-refractivity contribution in [3.63, 3.8) is 0 Å². The Labute approximate surface area is 307 Å². The zero-order chi connectivity index (χ0) is 37.0. The van der Waals surface area contributed by atoms with Crippen molar-refractivity contribution in [2.75, 3.05) is 44.1 Å². The van der Waals surface area contributed by atoms with Crippen LogP contribution < -0.4 is 10.2 Å². The van der Waals surface area contributed by atoms with Gasteiger partial charge in [0.05, 0.1) is 42.8 Å². The van der Waals surface area contributed by atoms with Gasteiger partial charge in [-0.25, -0.2) is 4.68 Å². The quantitative estimate of drug-likeness (QED) is 0.135. The van der Waals surface area contributed by atoms with Crippen LogP contribution in [0.25, 0.3) is 22.5 Å². The van der Waals surface area contributed by atoms with Crippen LogP contribution in [0.5, 0.6) is 0 Å². The van der Waals surface area contributed by atoms with E-state index in [2.05, 4.69) is 15.6 Å². The number of ether oxygens (including phenoxy) is 3. The summed E-state index contributed by atoms with van der Waals surface area (Å²) >= 11 is 1.23. The molecular weight excluding hydrogens is 667 g/mol. The molecule has 1 atom stereocenters. The molecule has 2 aromatic carbocycles. The van der Waals surface area contributed by atoms with Crippen LogP contribution >= 0.6 is 11.8 Å². The summed E-state index contributed by atoms with van der Waals surface area (Å²) in [4.78, 5) is 41.0. The summed E-state index contributed by atoms with van der Waals surface area (Å²) in [7, 11) is 0. The van der Waals surface area contributed by atoms with Crippen molar-refractivity contribution in [2.45, 2.75) is 98.4 Å².